The molecule has 7 nitrogen and oxygen atoms in total. The van der Waals surface area contributed by atoms with Gasteiger partial charge in [-0.05, 0) is 55.3 Å². The number of hydrogen-bond acceptors (Lipinski definition) is 5. The monoisotopic (exact) mass is 393 g/mol. The van der Waals surface area contributed by atoms with Crippen LogP contribution in [0, 0.1) is 0 Å². The molecule has 2 N–H and O–H groups in total. The van der Waals surface area contributed by atoms with E-state index in [0.717, 1.165) is 24.4 Å². The first kappa shape index (κ1) is 19.0. The Morgan fingerprint density at radius 1 is 0.966 bits per heavy atom. The Kier molecular flexibility index (Phi) is 5.76. The van der Waals surface area contributed by atoms with Crippen LogP contribution < -0.4 is 10.6 Å². The van der Waals surface area contributed by atoms with Crippen LogP contribution in [0.25, 0.3) is 0 Å². The quantitative estimate of drug-likeness (QED) is 0.582. The molecule has 29 heavy (non-hydrogen) atoms. The molecule has 0 saturated heterocycles. The highest BCUT2D eigenvalue weighted by molar-refractivity contribution is 5.97. The van der Waals surface area contributed by atoms with Crippen molar-refractivity contribution in [3.63, 3.8) is 0 Å². The molecule has 0 atom stereocenters. The molecule has 1 fully saturated rings. The van der Waals surface area contributed by atoms with Crippen molar-refractivity contribution < 1.29 is 18.4 Å². The summed E-state index contributed by atoms with van der Waals surface area (Å²) in [7, 11) is 0. The largest absolute Gasteiger partial charge is 0.468 e. The van der Waals surface area contributed by atoms with Crippen molar-refractivity contribution in [3.05, 3.63) is 78.1 Å². The van der Waals surface area contributed by atoms with Crippen molar-refractivity contribution in [1.29, 1.82) is 0 Å². The lowest BCUT2D eigenvalue weighted by molar-refractivity contribution is -0.117. The van der Waals surface area contributed by atoms with Crippen LogP contribution in [-0.2, 0) is 17.9 Å². The summed E-state index contributed by atoms with van der Waals surface area (Å²) in [6, 6.07) is 14.6. The number of amides is 2. The lowest BCUT2D eigenvalue weighted by Crippen LogP contribution is -2.32. The number of carbonyl (C=O) groups excluding carboxylic acids is 2. The normalized spacial score (nSPS) is 13.4. The van der Waals surface area contributed by atoms with Gasteiger partial charge in [0.1, 0.15) is 11.5 Å². The molecule has 0 bridgehead atoms. The average Bonchev–Trinajstić information content (AvgIpc) is 3.14. The first-order valence-corrected chi connectivity index (χ1v) is 9.63. The van der Waals surface area contributed by atoms with E-state index in [9.17, 15) is 9.59 Å². The van der Waals surface area contributed by atoms with Gasteiger partial charge >= 0.3 is 0 Å². The van der Waals surface area contributed by atoms with Gasteiger partial charge in [-0.1, -0.05) is 6.07 Å². The van der Waals surface area contributed by atoms with Crippen molar-refractivity contribution in [2.24, 2.45) is 0 Å². The first-order chi connectivity index (χ1) is 14.2. The molecule has 1 aliphatic carbocycles. The van der Waals surface area contributed by atoms with Crippen LogP contribution in [0.5, 0.6) is 0 Å². The summed E-state index contributed by atoms with van der Waals surface area (Å²) in [5, 5.41) is 5.83. The van der Waals surface area contributed by atoms with Gasteiger partial charge < -0.3 is 19.5 Å². The lowest BCUT2D eigenvalue weighted by atomic mass is 10.2. The molecule has 0 spiro atoms. The van der Waals surface area contributed by atoms with E-state index < -0.39 is 0 Å². The van der Waals surface area contributed by atoms with Gasteiger partial charge in [0, 0.05) is 17.3 Å². The van der Waals surface area contributed by atoms with Gasteiger partial charge in [-0.15, -0.1) is 0 Å². The molecule has 3 aromatic rings. The number of nitrogens with zero attached hydrogens (tertiary/aromatic N) is 1. The molecule has 0 unspecified atom stereocenters. The van der Waals surface area contributed by atoms with Gasteiger partial charge in [-0.25, -0.2) is 0 Å². The number of rotatable bonds is 9. The highest BCUT2D eigenvalue weighted by Crippen LogP contribution is 2.20. The Hall–Kier alpha value is -3.32. The highest BCUT2D eigenvalue weighted by atomic mass is 16.3. The fraction of sp³-hybridized carbons (Fsp3) is 0.273. The van der Waals surface area contributed by atoms with Crippen molar-refractivity contribution in [2.45, 2.75) is 32.0 Å². The van der Waals surface area contributed by atoms with Gasteiger partial charge in [0.15, 0.2) is 0 Å². The van der Waals surface area contributed by atoms with Crippen molar-refractivity contribution >= 4 is 17.5 Å². The zero-order valence-electron chi connectivity index (χ0n) is 16.0. The lowest BCUT2D eigenvalue weighted by Gasteiger charge is -2.19. The van der Waals surface area contributed by atoms with E-state index in [1.54, 1.807) is 36.8 Å². The molecule has 1 saturated carbocycles. The molecule has 2 aromatic heterocycles. The van der Waals surface area contributed by atoms with Gasteiger partial charge in [-0.3, -0.25) is 14.5 Å². The second kappa shape index (κ2) is 8.79. The Bertz CT molecular complexity index is 910. The fourth-order valence-corrected chi connectivity index (χ4v) is 3.05. The van der Waals surface area contributed by atoms with Crippen molar-refractivity contribution in [2.75, 3.05) is 11.9 Å². The van der Waals surface area contributed by atoms with E-state index in [4.69, 9.17) is 8.83 Å². The van der Waals surface area contributed by atoms with Gasteiger partial charge in [0.25, 0.3) is 5.91 Å². The third-order valence-corrected chi connectivity index (χ3v) is 4.61. The Morgan fingerprint density at radius 3 is 2.24 bits per heavy atom. The van der Waals surface area contributed by atoms with Gasteiger partial charge in [0.05, 0.1) is 32.2 Å². The summed E-state index contributed by atoms with van der Waals surface area (Å²) < 4.78 is 10.8. The standard InChI is InChI=1S/C22H23N3O4/c26-21(23-18-5-1-4-16(12-18)22(27)24-17-8-9-17)15-25(13-19-6-2-10-28-19)14-20-7-3-11-29-20/h1-7,10-12,17H,8-9,13-15H2,(H,23,26)(H,24,27). The topological polar surface area (TPSA) is 87.7 Å². The van der Waals surface area contributed by atoms with Crippen LogP contribution >= 0.6 is 0 Å². The Balaban J connectivity index is 1.38. The predicted molar refractivity (Wildman–Crippen MR) is 107 cm³/mol. The number of nitrogens with one attached hydrogen (secondary N) is 2. The molecule has 7 heteroatoms. The maximum Gasteiger partial charge on any atom is 0.251 e. The van der Waals surface area contributed by atoms with Crippen LogP contribution in [0.15, 0.2) is 69.9 Å². The van der Waals surface area contributed by atoms with Crippen LogP contribution in [0.4, 0.5) is 5.69 Å². The maximum atomic E-state index is 12.6. The van der Waals surface area contributed by atoms with Gasteiger partial charge in [-0.2, -0.15) is 0 Å². The van der Waals surface area contributed by atoms with Gasteiger partial charge in [0.2, 0.25) is 5.91 Å². The number of benzene rings is 1. The Morgan fingerprint density at radius 2 is 1.66 bits per heavy atom. The van der Waals surface area contributed by atoms with Crippen LogP contribution in [0.2, 0.25) is 0 Å². The third-order valence-electron chi connectivity index (χ3n) is 4.61. The summed E-state index contributed by atoms with van der Waals surface area (Å²) in [5.41, 5.74) is 1.13. The molecule has 4 rings (SSSR count). The Labute approximate surface area is 168 Å². The molecule has 1 aromatic carbocycles. The summed E-state index contributed by atoms with van der Waals surface area (Å²) in [6.07, 6.45) is 5.28. The molecule has 0 radical (unpaired) electrons. The van der Waals surface area contributed by atoms with Crippen LogP contribution in [0.3, 0.4) is 0 Å². The zero-order chi connectivity index (χ0) is 20.1. The van der Waals surface area contributed by atoms with E-state index in [1.165, 1.54) is 0 Å². The highest BCUT2D eigenvalue weighted by Gasteiger charge is 2.24. The van der Waals surface area contributed by atoms with E-state index >= 15 is 0 Å². The van der Waals surface area contributed by atoms with Crippen LogP contribution in [-0.4, -0.2) is 29.3 Å². The average molecular weight is 393 g/mol. The fourth-order valence-electron chi connectivity index (χ4n) is 3.05. The number of hydrogen-bond donors (Lipinski definition) is 2. The molecular formula is C22H23N3O4. The SMILES string of the molecule is O=C(CN(Cc1ccco1)Cc1ccco1)Nc1cccc(C(=O)NC2CC2)c1. The molecule has 0 aliphatic heterocycles. The minimum Gasteiger partial charge on any atom is -0.468 e. The molecular weight excluding hydrogens is 370 g/mol. The molecule has 2 heterocycles. The third kappa shape index (κ3) is 5.58. The van der Waals surface area contributed by atoms with Crippen LogP contribution in [0.1, 0.15) is 34.7 Å². The maximum absolute atomic E-state index is 12.6. The number of carbonyl (C=O) groups is 2. The molecule has 2 amide bonds. The molecule has 1 aliphatic rings. The van der Waals surface area contributed by atoms with E-state index in [0.29, 0.717) is 24.3 Å². The van der Waals surface area contributed by atoms with E-state index in [2.05, 4.69) is 10.6 Å². The van der Waals surface area contributed by atoms with E-state index in [1.807, 2.05) is 29.2 Å². The number of furan rings is 2. The van der Waals surface area contributed by atoms with Crippen molar-refractivity contribution in [3.8, 4) is 0 Å². The second-order valence-electron chi connectivity index (χ2n) is 7.18. The minimum atomic E-state index is -0.178. The predicted octanol–water partition coefficient (Wildman–Crippen LogP) is 3.41. The summed E-state index contributed by atoms with van der Waals surface area (Å²) in [5.74, 6) is 1.25. The zero-order valence-corrected chi connectivity index (χ0v) is 16.0. The summed E-state index contributed by atoms with van der Waals surface area (Å²) in [6.45, 7) is 1.11. The summed E-state index contributed by atoms with van der Waals surface area (Å²) in [4.78, 5) is 26.8. The second-order valence-corrected chi connectivity index (χ2v) is 7.18. The first-order valence-electron chi connectivity index (χ1n) is 9.63. The minimum absolute atomic E-state index is 0.110. The number of anilines is 1. The van der Waals surface area contributed by atoms with E-state index in [-0.39, 0.29) is 24.4 Å². The summed E-state index contributed by atoms with van der Waals surface area (Å²) >= 11 is 0. The van der Waals surface area contributed by atoms with Crippen molar-refractivity contribution in [1.82, 2.24) is 10.2 Å². The smallest absolute Gasteiger partial charge is 0.251 e. The molecule has 150 valence electrons.